The lowest BCUT2D eigenvalue weighted by Crippen LogP contribution is -2.56. The molecule has 0 saturated heterocycles. The van der Waals surface area contributed by atoms with Gasteiger partial charge in [0.25, 0.3) is 0 Å². The van der Waals surface area contributed by atoms with E-state index in [9.17, 15) is 9.59 Å². The second-order valence-electron chi connectivity index (χ2n) is 9.89. The highest BCUT2D eigenvalue weighted by Gasteiger charge is 2.27. The summed E-state index contributed by atoms with van der Waals surface area (Å²) in [5.41, 5.74) is 1.65. The molecule has 0 bridgehead atoms. The van der Waals surface area contributed by atoms with Crippen molar-refractivity contribution in [2.45, 2.75) is 71.7 Å². The molecule has 0 aromatic heterocycles. The molecule has 0 aliphatic heterocycles. The third-order valence-electron chi connectivity index (χ3n) is 5.11. The fourth-order valence-electron chi connectivity index (χ4n) is 3.46. The van der Waals surface area contributed by atoms with E-state index in [1.807, 2.05) is 75.4 Å². The van der Waals surface area contributed by atoms with Gasteiger partial charge in [-0.25, -0.2) is 0 Å². The summed E-state index contributed by atoms with van der Waals surface area (Å²) in [5, 5.41) is 9.02. The van der Waals surface area contributed by atoms with Crippen LogP contribution in [0.2, 0.25) is 0 Å². The number of hydrogen-bond acceptors (Lipinski definition) is 4. The van der Waals surface area contributed by atoms with E-state index >= 15 is 0 Å². The van der Waals surface area contributed by atoms with Gasteiger partial charge in [-0.15, -0.1) is 0 Å². The van der Waals surface area contributed by atoms with Gasteiger partial charge in [-0.05, 0) is 63.4 Å². The molecule has 6 heteroatoms. The lowest BCUT2D eigenvalue weighted by Gasteiger charge is -2.27. The van der Waals surface area contributed by atoms with Gasteiger partial charge in [0.1, 0.15) is 18.4 Å². The van der Waals surface area contributed by atoms with Gasteiger partial charge in [0, 0.05) is 12.0 Å². The van der Waals surface area contributed by atoms with E-state index in [4.69, 9.17) is 4.74 Å². The molecule has 2 unspecified atom stereocenters. The molecule has 0 heterocycles. The van der Waals surface area contributed by atoms with Crippen molar-refractivity contribution in [2.75, 3.05) is 7.05 Å². The normalized spacial score (nSPS) is 13.3. The molecule has 33 heavy (non-hydrogen) atoms. The number of ether oxygens (including phenoxy) is 1. The smallest absolute Gasteiger partial charge is 0.243 e. The van der Waals surface area contributed by atoms with Crippen LogP contribution in [0.1, 0.15) is 52.2 Å². The van der Waals surface area contributed by atoms with Gasteiger partial charge in [0.05, 0.1) is 6.04 Å². The second kappa shape index (κ2) is 12.4. The maximum absolute atomic E-state index is 13.0. The number of hydrogen-bond donors (Lipinski definition) is 3. The minimum absolute atomic E-state index is 0.164. The monoisotopic (exact) mass is 453 g/mol. The van der Waals surface area contributed by atoms with E-state index in [1.54, 1.807) is 7.05 Å². The Hall–Kier alpha value is -2.86. The highest BCUT2D eigenvalue weighted by Crippen LogP contribution is 2.16. The molecule has 3 N–H and O–H groups in total. The standard InChI is InChI=1S/C27H39N3O3/c1-19(2)16-23(28-6)25(31)29-24(26(32)30-27(3,4)5)17-20-12-14-22(15-13-20)33-18-21-10-8-7-9-11-21/h7-15,19,23-24,28H,16-18H2,1-6H3,(H,29,31)(H,30,32). The van der Waals surface area contributed by atoms with Crippen LogP contribution in [0.5, 0.6) is 5.75 Å². The van der Waals surface area contributed by atoms with Crippen LogP contribution in [-0.4, -0.2) is 36.5 Å². The van der Waals surface area contributed by atoms with Crippen molar-refractivity contribution in [2.24, 2.45) is 5.92 Å². The zero-order valence-electron chi connectivity index (χ0n) is 20.8. The van der Waals surface area contributed by atoms with Crippen molar-refractivity contribution in [3.05, 3.63) is 65.7 Å². The molecule has 2 amide bonds. The van der Waals surface area contributed by atoms with Crippen LogP contribution in [0.15, 0.2) is 54.6 Å². The number of nitrogens with one attached hydrogen (secondary N) is 3. The minimum atomic E-state index is -0.671. The summed E-state index contributed by atoms with van der Waals surface area (Å²) in [6.07, 6.45) is 1.09. The Bertz CT molecular complexity index is 874. The lowest BCUT2D eigenvalue weighted by molar-refractivity contribution is -0.131. The van der Waals surface area contributed by atoms with Gasteiger partial charge in [-0.1, -0.05) is 56.3 Å². The molecule has 180 valence electrons. The number of carbonyl (C=O) groups excluding carboxylic acids is 2. The van der Waals surface area contributed by atoms with Crippen molar-refractivity contribution in [3.8, 4) is 5.75 Å². The third kappa shape index (κ3) is 9.66. The largest absolute Gasteiger partial charge is 0.489 e. The summed E-state index contributed by atoms with van der Waals surface area (Å²) in [5.74, 6) is 0.760. The summed E-state index contributed by atoms with van der Waals surface area (Å²) in [6, 6.07) is 16.6. The van der Waals surface area contributed by atoms with E-state index in [2.05, 4.69) is 29.8 Å². The molecule has 2 aromatic carbocycles. The first-order valence-corrected chi connectivity index (χ1v) is 11.6. The Morgan fingerprint density at radius 2 is 1.52 bits per heavy atom. The quantitative estimate of drug-likeness (QED) is 0.483. The summed E-state index contributed by atoms with van der Waals surface area (Å²) in [7, 11) is 1.77. The lowest BCUT2D eigenvalue weighted by atomic mass is 10.0. The summed E-state index contributed by atoms with van der Waals surface area (Å²) < 4.78 is 5.86. The van der Waals surface area contributed by atoms with Crippen LogP contribution in [-0.2, 0) is 22.6 Å². The summed E-state index contributed by atoms with van der Waals surface area (Å²) in [6.45, 7) is 10.4. The van der Waals surface area contributed by atoms with E-state index in [-0.39, 0.29) is 17.9 Å². The van der Waals surface area contributed by atoms with Crippen LogP contribution in [0.3, 0.4) is 0 Å². The van der Waals surface area contributed by atoms with E-state index in [0.717, 1.165) is 16.9 Å². The van der Waals surface area contributed by atoms with E-state index < -0.39 is 11.6 Å². The Kier molecular flexibility index (Phi) is 9.92. The number of benzene rings is 2. The first kappa shape index (κ1) is 26.4. The number of amides is 2. The average molecular weight is 454 g/mol. The Labute approximate surface area is 198 Å². The predicted octanol–water partition coefficient (Wildman–Crippen LogP) is 3.84. The maximum Gasteiger partial charge on any atom is 0.243 e. The summed E-state index contributed by atoms with van der Waals surface area (Å²) in [4.78, 5) is 25.9. The molecular formula is C27H39N3O3. The molecule has 0 spiro atoms. The van der Waals surface area contributed by atoms with Crippen molar-refractivity contribution >= 4 is 11.8 Å². The first-order chi connectivity index (χ1) is 15.6. The van der Waals surface area contributed by atoms with Crippen molar-refractivity contribution in [1.29, 1.82) is 0 Å². The zero-order valence-corrected chi connectivity index (χ0v) is 20.8. The van der Waals surface area contributed by atoms with Crippen molar-refractivity contribution in [3.63, 3.8) is 0 Å². The van der Waals surface area contributed by atoms with E-state index in [0.29, 0.717) is 25.4 Å². The minimum Gasteiger partial charge on any atom is -0.489 e. The zero-order chi connectivity index (χ0) is 24.4. The molecule has 0 saturated carbocycles. The van der Waals surface area contributed by atoms with Crippen LogP contribution in [0.25, 0.3) is 0 Å². The van der Waals surface area contributed by atoms with Crippen LogP contribution < -0.4 is 20.7 Å². The third-order valence-corrected chi connectivity index (χ3v) is 5.11. The molecule has 2 atom stereocenters. The van der Waals surface area contributed by atoms with Crippen molar-refractivity contribution < 1.29 is 14.3 Å². The number of likely N-dealkylation sites (N-methyl/N-ethyl adjacent to an activating group) is 1. The van der Waals surface area contributed by atoms with Crippen LogP contribution in [0, 0.1) is 5.92 Å². The molecule has 2 rings (SSSR count). The Morgan fingerprint density at radius 3 is 2.06 bits per heavy atom. The molecule has 0 fully saturated rings. The summed E-state index contributed by atoms with van der Waals surface area (Å²) >= 11 is 0. The Balaban J connectivity index is 2.08. The first-order valence-electron chi connectivity index (χ1n) is 11.6. The topological polar surface area (TPSA) is 79.5 Å². The molecule has 0 aliphatic carbocycles. The molecule has 6 nitrogen and oxygen atoms in total. The number of rotatable bonds is 11. The fraction of sp³-hybridized carbons (Fsp3) is 0.481. The SMILES string of the molecule is CNC(CC(C)C)C(=O)NC(Cc1ccc(OCc2ccccc2)cc1)C(=O)NC(C)(C)C. The van der Waals surface area contributed by atoms with Gasteiger partial charge in [0.2, 0.25) is 11.8 Å². The average Bonchev–Trinajstić information content (AvgIpc) is 2.75. The van der Waals surface area contributed by atoms with Crippen molar-refractivity contribution in [1.82, 2.24) is 16.0 Å². The van der Waals surface area contributed by atoms with Crippen LogP contribution in [0.4, 0.5) is 0 Å². The fourth-order valence-corrected chi connectivity index (χ4v) is 3.46. The van der Waals surface area contributed by atoms with Gasteiger partial charge in [0.15, 0.2) is 0 Å². The highest BCUT2D eigenvalue weighted by molar-refractivity contribution is 5.90. The van der Waals surface area contributed by atoms with Crippen LogP contribution >= 0.6 is 0 Å². The Morgan fingerprint density at radius 1 is 0.879 bits per heavy atom. The van der Waals surface area contributed by atoms with Gasteiger partial charge < -0.3 is 20.7 Å². The molecular weight excluding hydrogens is 414 g/mol. The highest BCUT2D eigenvalue weighted by atomic mass is 16.5. The van der Waals surface area contributed by atoms with Gasteiger partial charge in [-0.3, -0.25) is 9.59 Å². The molecule has 2 aromatic rings. The molecule has 0 radical (unpaired) electrons. The molecule has 0 aliphatic rings. The number of carbonyl (C=O) groups is 2. The van der Waals surface area contributed by atoms with Gasteiger partial charge in [-0.2, -0.15) is 0 Å². The maximum atomic E-state index is 13.0. The van der Waals surface area contributed by atoms with E-state index in [1.165, 1.54) is 0 Å². The second-order valence-corrected chi connectivity index (χ2v) is 9.89. The predicted molar refractivity (Wildman–Crippen MR) is 133 cm³/mol. The van der Waals surface area contributed by atoms with Gasteiger partial charge >= 0.3 is 0 Å².